The maximum Gasteiger partial charge on any atom is 0.252 e. The molecule has 1 heterocycles. The molecule has 0 spiro atoms. The number of hydrogen-bond donors (Lipinski definition) is 5. The van der Waals surface area contributed by atoms with Crippen LogP contribution in [-0.4, -0.2) is 35.5 Å². The monoisotopic (exact) mass is 400 g/mol. The van der Waals surface area contributed by atoms with Crippen LogP contribution in [0.15, 0.2) is 47.5 Å². The summed E-state index contributed by atoms with van der Waals surface area (Å²) in [4.78, 5) is 28.6. The lowest BCUT2D eigenvalue weighted by Crippen LogP contribution is -2.44. The Morgan fingerprint density at radius 2 is 1.82 bits per heavy atom. The van der Waals surface area contributed by atoms with Crippen LogP contribution >= 0.6 is 11.8 Å². The summed E-state index contributed by atoms with van der Waals surface area (Å²) < 4.78 is 5.12. The van der Waals surface area contributed by atoms with Gasteiger partial charge in [-0.3, -0.25) is 9.59 Å². The Hall–Kier alpha value is -3.40. The van der Waals surface area contributed by atoms with E-state index in [1.165, 1.54) is 17.8 Å². The Morgan fingerprint density at radius 1 is 1.11 bits per heavy atom. The summed E-state index contributed by atoms with van der Waals surface area (Å²) in [6, 6.07) is 10.9. The Labute approximate surface area is 165 Å². The molecule has 1 aliphatic rings. The zero-order chi connectivity index (χ0) is 20.3. The molecule has 3 rings (SSSR count). The number of thioether (sulfide) groups is 1. The van der Waals surface area contributed by atoms with Gasteiger partial charge in [0.05, 0.1) is 18.5 Å². The van der Waals surface area contributed by atoms with Crippen LogP contribution in [0.25, 0.3) is 0 Å². The van der Waals surface area contributed by atoms with E-state index in [-0.39, 0.29) is 0 Å². The summed E-state index contributed by atoms with van der Waals surface area (Å²) in [5.74, 6) is -0.327. The van der Waals surface area contributed by atoms with Crippen LogP contribution in [0.1, 0.15) is 10.4 Å². The summed E-state index contributed by atoms with van der Waals surface area (Å²) in [6.45, 7) is 0. The minimum absolute atomic E-state index is 0.302. The average molecular weight is 400 g/mol. The molecular formula is C18H20N6O3S. The molecule has 0 fully saturated rings. The minimum atomic E-state index is -0.902. The summed E-state index contributed by atoms with van der Waals surface area (Å²) in [5.41, 5.74) is 18.6. The summed E-state index contributed by atoms with van der Waals surface area (Å²) in [7, 11) is 1.58. The highest BCUT2D eigenvalue weighted by atomic mass is 32.2. The second-order valence-electron chi connectivity index (χ2n) is 5.99. The van der Waals surface area contributed by atoms with Crippen LogP contribution < -0.4 is 32.6 Å². The van der Waals surface area contributed by atoms with Gasteiger partial charge in [0.2, 0.25) is 5.91 Å². The fourth-order valence-electron chi connectivity index (χ4n) is 2.52. The van der Waals surface area contributed by atoms with Crippen LogP contribution in [0.4, 0.5) is 17.1 Å². The maximum atomic E-state index is 12.5. The van der Waals surface area contributed by atoms with Crippen LogP contribution in [0, 0.1) is 0 Å². The molecule has 2 atom stereocenters. The van der Waals surface area contributed by atoms with Gasteiger partial charge in [-0.1, -0.05) is 11.8 Å². The first-order chi connectivity index (χ1) is 13.4. The molecule has 0 saturated heterocycles. The molecule has 2 amide bonds. The summed E-state index contributed by atoms with van der Waals surface area (Å²) in [5, 5.41) is 5.68. The van der Waals surface area contributed by atoms with Crippen LogP contribution in [0.5, 0.6) is 5.75 Å². The van der Waals surface area contributed by atoms with Crippen molar-refractivity contribution in [1.82, 2.24) is 5.32 Å². The lowest BCUT2D eigenvalue weighted by Gasteiger charge is -2.16. The number of hydrogen-bond acceptors (Lipinski definition) is 8. The predicted molar refractivity (Wildman–Crippen MR) is 111 cm³/mol. The molecule has 2 unspecified atom stereocenters. The van der Waals surface area contributed by atoms with Gasteiger partial charge in [0.15, 0.2) is 11.2 Å². The topological polar surface area (TPSA) is 158 Å². The van der Waals surface area contributed by atoms with Gasteiger partial charge in [-0.2, -0.15) is 0 Å². The van der Waals surface area contributed by atoms with Gasteiger partial charge >= 0.3 is 0 Å². The second kappa shape index (κ2) is 8.09. The van der Waals surface area contributed by atoms with Crippen molar-refractivity contribution >= 4 is 45.8 Å². The van der Waals surface area contributed by atoms with E-state index in [2.05, 4.69) is 15.6 Å². The van der Waals surface area contributed by atoms with Crippen molar-refractivity contribution in [3.63, 3.8) is 0 Å². The normalized spacial score (nSPS) is 18.2. The molecule has 0 aliphatic carbocycles. The van der Waals surface area contributed by atoms with Crippen LogP contribution in [0.3, 0.4) is 0 Å². The minimum Gasteiger partial charge on any atom is -0.497 e. The number of aliphatic imine (C=N–C) groups is 1. The molecule has 8 N–H and O–H groups in total. The number of nitrogens with zero attached hydrogens (tertiary/aromatic N) is 1. The number of benzene rings is 2. The van der Waals surface area contributed by atoms with E-state index in [4.69, 9.17) is 21.9 Å². The number of amidine groups is 1. The number of amides is 2. The van der Waals surface area contributed by atoms with Gasteiger partial charge in [0.25, 0.3) is 5.91 Å². The van der Waals surface area contributed by atoms with Crippen molar-refractivity contribution in [3.05, 3.63) is 48.0 Å². The van der Waals surface area contributed by atoms with E-state index in [0.717, 1.165) is 11.4 Å². The second-order valence-corrected chi connectivity index (χ2v) is 7.12. The number of ether oxygens (including phenoxy) is 1. The Kier molecular flexibility index (Phi) is 5.59. The molecule has 0 aromatic heterocycles. The van der Waals surface area contributed by atoms with Gasteiger partial charge in [-0.15, -0.1) is 0 Å². The van der Waals surface area contributed by atoms with Gasteiger partial charge < -0.3 is 32.6 Å². The number of primary amides is 1. The molecule has 0 saturated carbocycles. The van der Waals surface area contributed by atoms with E-state index in [9.17, 15) is 9.59 Å². The number of nitrogens with one attached hydrogen (secondary N) is 2. The van der Waals surface area contributed by atoms with E-state index >= 15 is 0 Å². The third-order valence-corrected chi connectivity index (χ3v) is 5.10. The third kappa shape index (κ3) is 4.29. The molecule has 1 aliphatic heterocycles. The van der Waals surface area contributed by atoms with Crippen molar-refractivity contribution in [2.45, 2.75) is 11.4 Å². The number of rotatable bonds is 5. The van der Waals surface area contributed by atoms with Gasteiger partial charge in [-0.05, 0) is 42.5 Å². The Balaban J connectivity index is 1.70. The summed E-state index contributed by atoms with van der Waals surface area (Å²) >= 11 is 1.20. The first-order valence-corrected chi connectivity index (χ1v) is 9.16. The van der Waals surface area contributed by atoms with E-state index in [1.807, 2.05) is 12.1 Å². The molecule has 2 aromatic rings. The van der Waals surface area contributed by atoms with Crippen molar-refractivity contribution in [2.75, 3.05) is 23.9 Å². The van der Waals surface area contributed by atoms with Crippen LogP contribution in [0.2, 0.25) is 0 Å². The quantitative estimate of drug-likeness (QED) is 0.468. The highest BCUT2D eigenvalue weighted by Crippen LogP contribution is 2.27. The van der Waals surface area contributed by atoms with Gasteiger partial charge in [0.1, 0.15) is 11.1 Å². The van der Waals surface area contributed by atoms with E-state index in [1.54, 1.807) is 31.4 Å². The zero-order valence-electron chi connectivity index (χ0n) is 15.0. The number of anilines is 3. The Bertz CT molecular complexity index is 931. The van der Waals surface area contributed by atoms with E-state index < -0.39 is 23.2 Å². The van der Waals surface area contributed by atoms with E-state index in [0.29, 0.717) is 22.1 Å². The molecule has 9 nitrogen and oxygen atoms in total. The summed E-state index contributed by atoms with van der Waals surface area (Å²) in [6.07, 6.45) is 0. The maximum absolute atomic E-state index is 12.5. The smallest absolute Gasteiger partial charge is 0.252 e. The number of carbonyl (C=O) groups excluding carboxylic acids is 2. The number of carbonyl (C=O) groups is 2. The SMILES string of the molecule is COc1ccc(NC2=NC(C(N)=O)C(NC(=O)c3ccc(N)c(N)c3)S2)cc1. The molecule has 0 radical (unpaired) electrons. The number of nitrogen functional groups attached to an aromatic ring is 2. The largest absolute Gasteiger partial charge is 0.497 e. The molecule has 28 heavy (non-hydrogen) atoms. The van der Waals surface area contributed by atoms with Crippen molar-refractivity contribution in [3.8, 4) is 5.75 Å². The van der Waals surface area contributed by atoms with Gasteiger partial charge in [0, 0.05) is 11.3 Å². The third-order valence-electron chi connectivity index (χ3n) is 4.04. The van der Waals surface area contributed by atoms with Crippen LogP contribution in [-0.2, 0) is 4.79 Å². The fourth-order valence-corrected chi connectivity index (χ4v) is 3.60. The molecule has 2 aromatic carbocycles. The first kappa shape index (κ1) is 19.4. The highest BCUT2D eigenvalue weighted by molar-refractivity contribution is 8.15. The van der Waals surface area contributed by atoms with Crippen molar-refractivity contribution < 1.29 is 14.3 Å². The van der Waals surface area contributed by atoms with Gasteiger partial charge in [-0.25, -0.2) is 4.99 Å². The predicted octanol–water partition coefficient (Wildman–Crippen LogP) is 0.984. The fraction of sp³-hybridized carbons (Fsp3) is 0.167. The Morgan fingerprint density at radius 3 is 2.43 bits per heavy atom. The standard InChI is InChI=1S/C18H20N6O3S/c1-27-11-5-3-10(4-6-11)22-18-23-14(15(21)25)17(28-18)24-16(26)9-2-7-12(19)13(20)8-9/h2-8,14,17H,19-20H2,1H3,(H2,21,25)(H,22,23)(H,24,26). The molecule has 10 heteroatoms. The molecule has 0 bridgehead atoms. The highest BCUT2D eigenvalue weighted by Gasteiger charge is 2.35. The lowest BCUT2D eigenvalue weighted by molar-refractivity contribution is -0.119. The first-order valence-electron chi connectivity index (χ1n) is 8.28. The van der Waals surface area contributed by atoms with Crippen molar-refractivity contribution in [1.29, 1.82) is 0 Å². The number of nitrogens with two attached hydrogens (primary N) is 3. The zero-order valence-corrected chi connectivity index (χ0v) is 15.8. The number of methoxy groups -OCH3 is 1. The average Bonchev–Trinajstić information content (AvgIpc) is 3.07. The molecule has 146 valence electrons. The lowest BCUT2D eigenvalue weighted by atomic mass is 10.1. The molecular weight excluding hydrogens is 380 g/mol. The van der Waals surface area contributed by atoms with Crippen molar-refractivity contribution in [2.24, 2.45) is 10.7 Å².